The molecule has 0 unspecified atom stereocenters. The van der Waals surface area contributed by atoms with E-state index in [1.165, 1.54) is 4.88 Å². The number of hydrogen-bond donors (Lipinski definition) is 1. The molecule has 0 amide bonds. The third-order valence-electron chi connectivity index (χ3n) is 4.81. The van der Waals surface area contributed by atoms with Crippen molar-refractivity contribution in [3.8, 4) is 0 Å². The second-order valence-electron chi connectivity index (χ2n) is 7.09. The SMILES string of the molecule is C=CCCC(O)(CCC=C)c1ccc(CN(CCCOC)Cc2cccs2)o1. The molecular formula is C23H33NO3S. The Labute approximate surface area is 173 Å². The van der Waals surface area contributed by atoms with Gasteiger partial charge in [-0.3, -0.25) is 4.90 Å². The molecule has 28 heavy (non-hydrogen) atoms. The number of furan rings is 1. The van der Waals surface area contributed by atoms with Crippen LogP contribution < -0.4 is 0 Å². The Kier molecular flexibility index (Phi) is 9.71. The maximum atomic E-state index is 11.2. The lowest BCUT2D eigenvalue weighted by molar-refractivity contribution is -0.00217. The monoisotopic (exact) mass is 403 g/mol. The first kappa shape index (κ1) is 22.6. The minimum Gasteiger partial charge on any atom is -0.462 e. The fourth-order valence-electron chi connectivity index (χ4n) is 3.26. The number of rotatable bonds is 15. The van der Waals surface area contributed by atoms with E-state index < -0.39 is 5.60 Å². The fourth-order valence-corrected chi connectivity index (χ4v) is 4.00. The van der Waals surface area contributed by atoms with Crippen LogP contribution in [0, 0.1) is 0 Å². The maximum Gasteiger partial charge on any atom is 0.135 e. The Balaban J connectivity index is 2.08. The number of thiophene rings is 1. The molecule has 5 heteroatoms. The van der Waals surface area contributed by atoms with Crippen molar-refractivity contribution in [3.05, 3.63) is 71.4 Å². The molecular weight excluding hydrogens is 370 g/mol. The first-order valence-corrected chi connectivity index (χ1v) is 10.8. The lowest BCUT2D eigenvalue weighted by Gasteiger charge is -2.25. The van der Waals surface area contributed by atoms with Crippen molar-refractivity contribution in [1.82, 2.24) is 4.90 Å². The third-order valence-corrected chi connectivity index (χ3v) is 5.67. The third kappa shape index (κ3) is 7.06. The molecule has 0 spiro atoms. The Morgan fingerprint density at radius 2 is 1.93 bits per heavy atom. The van der Waals surface area contributed by atoms with E-state index in [2.05, 4.69) is 35.6 Å². The van der Waals surface area contributed by atoms with Gasteiger partial charge in [0.15, 0.2) is 0 Å². The Morgan fingerprint density at radius 1 is 1.18 bits per heavy atom. The van der Waals surface area contributed by atoms with Crippen LogP contribution in [0.1, 0.15) is 48.5 Å². The largest absolute Gasteiger partial charge is 0.462 e. The van der Waals surface area contributed by atoms with E-state index in [4.69, 9.17) is 9.15 Å². The van der Waals surface area contributed by atoms with Crippen LogP contribution in [0.3, 0.4) is 0 Å². The number of allylic oxidation sites excluding steroid dienone is 2. The first-order chi connectivity index (χ1) is 13.6. The summed E-state index contributed by atoms with van der Waals surface area (Å²) >= 11 is 1.77. The van der Waals surface area contributed by atoms with Crippen LogP contribution in [0.15, 0.2) is 59.4 Å². The predicted octanol–water partition coefficient (Wildman–Crippen LogP) is 5.50. The predicted molar refractivity (Wildman–Crippen MR) is 116 cm³/mol. The van der Waals surface area contributed by atoms with Crippen molar-refractivity contribution < 1.29 is 14.3 Å². The van der Waals surface area contributed by atoms with Gasteiger partial charge in [0.1, 0.15) is 17.1 Å². The van der Waals surface area contributed by atoms with Crippen molar-refractivity contribution in [1.29, 1.82) is 0 Å². The lowest BCUT2D eigenvalue weighted by atomic mass is 9.89. The Hall–Kier alpha value is -1.66. The van der Waals surface area contributed by atoms with Gasteiger partial charge in [-0.2, -0.15) is 0 Å². The van der Waals surface area contributed by atoms with Crippen LogP contribution in [-0.4, -0.2) is 30.3 Å². The highest BCUT2D eigenvalue weighted by Crippen LogP contribution is 2.33. The van der Waals surface area contributed by atoms with Crippen molar-refractivity contribution in [3.63, 3.8) is 0 Å². The van der Waals surface area contributed by atoms with Gasteiger partial charge in [-0.1, -0.05) is 18.2 Å². The average Bonchev–Trinajstić information content (AvgIpc) is 3.37. The Morgan fingerprint density at radius 3 is 2.54 bits per heavy atom. The summed E-state index contributed by atoms with van der Waals surface area (Å²) in [6.07, 6.45) is 7.32. The van der Waals surface area contributed by atoms with Crippen molar-refractivity contribution in [2.24, 2.45) is 0 Å². The summed E-state index contributed by atoms with van der Waals surface area (Å²) in [7, 11) is 1.73. The van der Waals surface area contributed by atoms with E-state index in [0.717, 1.165) is 44.7 Å². The summed E-state index contributed by atoms with van der Waals surface area (Å²) in [6, 6.07) is 8.14. The summed E-state index contributed by atoms with van der Waals surface area (Å²) in [5.41, 5.74) is -0.977. The maximum absolute atomic E-state index is 11.2. The van der Waals surface area contributed by atoms with Crippen LogP contribution in [0.5, 0.6) is 0 Å². The van der Waals surface area contributed by atoms with Gasteiger partial charge >= 0.3 is 0 Å². The molecule has 0 radical (unpaired) electrons. The zero-order valence-electron chi connectivity index (χ0n) is 16.9. The molecule has 2 aromatic heterocycles. The van der Waals surface area contributed by atoms with E-state index in [9.17, 15) is 5.11 Å². The molecule has 0 aliphatic carbocycles. The molecule has 0 fully saturated rings. The van der Waals surface area contributed by atoms with E-state index in [1.54, 1.807) is 18.4 Å². The highest BCUT2D eigenvalue weighted by molar-refractivity contribution is 7.09. The molecule has 0 aliphatic rings. The summed E-state index contributed by atoms with van der Waals surface area (Å²) < 4.78 is 11.3. The standard InChI is InChI=1S/C23H33NO3S/c1-4-6-13-23(25,14-7-5-2)22-12-11-20(27-22)18-24(15-9-16-26-3)19-21-10-8-17-28-21/h4-5,8,10-12,17,25H,1-2,6-7,9,13-16,18-19H2,3H3. The molecule has 0 atom stereocenters. The lowest BCUT2D eigenvalue weighted by Crippen LogP contribution is -2.25. The van der Waals surface area contributed by atoms with Crippen LogP contribution in [0.2, 0.25) is 0 Å². The second kappa shape index (κ2) is 12.0. The van der Waals surface area contributed by atoms with E-state index in [1.807, 2.05) is 24.3 Å². The molecule has 4 nitrogen and oxygen atoms in total. The zero-order chi connectivity index (χ0) is 20.2. The normalized spacial score (nSPS) is 11.8. The van der Waals surface area contributed by atoms with Crippen LogP contribution in [0.4, 0.5) is 0 Å². The van der Waals surface area contributed by atoms with Gasteiger partial charge in [-0.15, -0.1) is 24.5 Å². The van der Waals surface area contributed by atoms with Gasteiger partial charge in [-0.05, 0) is 55.7 Å². The van der Waals surface area contributed by atoms with E-state index in [0.29, 0.717) is 25.1 Å². The van der Waals surface area contributed by atoms with Gasteiger partial charge in [0, 0.05) is 31.7 Å². The number of hydrogen-bond acceptors (Lipinski definition) is 5. The minimum absolute atomic E-state index is 0.601. The van der Waals surface area contributed by atoms with Gasteiger partial charge in [-0.25, -0.2) is 0 Å². The topological polar surface area (TPSA) is 45.8 Å². The van der Waals surface area contributed by atoms with Gasteiger partial charge in [0.05, 0.1) is 6.54 Å². The molecule has 2 aromatic rings. The van der Waals surface area contributed by atoms with Gasteiger partial charge < -0.3 is 14.3 Å². The smallest absolute Gasteiger partial charge is 0.135 e. The van der Waals surface area contributed by atoms with Crippen molar-refractivity contribution >= 4 is 11.3 Å². The molecule has 154 valence electrons. The van der Waals surface area contributed by atoms with Crippen LogP contribution in [-0.2, 0) is 23.4 Å². The van der Waals surface area contributed by atoms with Crippen LogP contribution in [0.25, 0.3) is 0 Å². The molecule has 1 N–H and O–H groups in total. The van der Waals surface area contributed by atoms with Gasteiger partial charge in [0.25, 0.3) is 0 Å². The molecule has 0 aromatic carbocycles. The van der Waals surface area contributed by atoms with E-state index in [-0.39, 0.29) is 0 Å². The summed E-state index contributed by atoms with van der Waals surface area (Å²) in [5.74, 6) is 1.51. The molecule has 0 aliphatic heterocycles. The van der Waals surface area contributed by atoms with Crippen molar-refractivity contribution in [2.75, 3.05) is 20.3 Å². The number of nitrogens with zero attached hydrogens (tertiary/aromatic N) is 1. The van der Waals surface area contributed by atoms with Crippen LogP contribution >= 0.6 is 11.3 Å². The fraction of sp³-hybridized carbons (Fsp3) is 0.478. The molecule has 2 heterocycles. The van der Waals surface area contributed by atoms with E-state index >= 15 is 0 Å². The molecule has 2 rings (SSSR count). The summed E-state index contributed by atoms with van der Waals surface area (Å²) in [4.78, 5) is 3.69. The summed E-state index contributed by atoms with van der Waals surface area (Å²) in [6.45, 7) is 10.8. The molecule has 0 bridgehead atoms. The Bertz CT molecular complexity index is 681. The highest BCUT2D eigenvalue weighted by atomic mass is 32.1. The average molecular weight is 404 g/mol. The number of methoxy groups -OCH3 is 1. The first-order valence-electron chi connectivity index (χ1n) is 9.88. The zero-order valence-corrected chi connectivity index (χ0v) is 17.8. The minimum atomic E-state index is -0.977. The second-order valence-corrected chi connectivity index (χ2v) is 8.12. The molecule has 0 saturated carbocycles. The quantitative estimate of drug-likeness (QED) is 0.315. The summed E-state index contributed by atoms with van der Waals surface area (Å²) in [5, 5.41) is 13.3. The number of aliphatic hydroxyl groups is 1. The molecule has 0 saturated heterocycles. The highest BCUT2D eigenvalue weighted by Gasteiger charge is 2.31. The van der Waals surface area contributed by atoms with Gasteiger partial charge in [0.2, 0.25) is 0 Å². The van der Waals surface area contributed by atoms with Crippen molar-refractivity contribution in [2.45, 2.75) is 50.8 Å². The number of ether oxygens (including phenoxy) is 1.